The van der Waals surface area contributed by atoms with Gasteiger partial charge in [0.25, 0.3) is 5.69 Å². The molecule has 6 nitrogen and oxygen atoms in total. The van der Waals surface area contributed by atoms with E-state index in [1.165, 1.54) is 18.2 Å². The summed E-state index contributed by atoms with van der Waals surface area (Å²) in [7, 11) is 0. The number of anilines is 1. The Morgan fingerprint density at radius 2 is 2.00 bits per heavy atom. The second kappa shape index (κ2) is 4.40. The molecule has 92 valence electrons. The van der Waals surface area contributed by atoms with E-state index in [-0.39, 0.29) is 16.9 Å². The molecule has 0 spiro atoms. The van der Waals surface area contributed by atoms with Crippen LogP contribution in [0.1, 0.15) is 31.1 Å². The van der Waals surface area contributed by atoms with E-state index in [1.54, 1.807) is 20.8 Å². The van der Waals surface area contributed by atoms with Gasteiger partial charge in [0.15, 0.2) is 0 Å². The van der Waals surface area contributed by atoms with Crippen molar-refractivity contribution in [2.24, 2.45) is 0 Å². The van der Waals surface area contributed by atoms with Gasteiger partial charge in [-0.2, -0.15) is 0 Å². The Bertz CT molecular complexity index is 463. The number of carbonyl (C=O) groups excluding carboxylic acids is 1. The van der Waals surface area contributed by atoms with Crippen LogP contribution in [0.4, 0.5) is 11.4 Å². The Labute approximate surface area is 98.5 Å². The maximum Gasteiger partial charge on any atom is 0.341 e. The minimum absolute atomic E-state index is 0.00845. The Balaban J connectivity index is 3.11. The molecule has 0 aromatic heterocycles. The van der Waals surface area contributed by atoms with Crippen molar-refractivity contribution in [2.75, 3.05) is 5.73 Å². The molecule has 0 aliphatic rings. The van der Waals surface area contributed by atoms with Crippen LogP contribution in [0.3, 0.4) is 0 Å². The van der Waals surface area contributed by atoms with E-state index in [9.17, 15) is 14.9 Å². The molecule has 0 heterocycles. The molecule has 0 aliphatic heterocycles. The van der Waals surface area contributed by atoms with Gasteiger partial charge < -0.3 is 10.5 Å². The minimum Gasteiger partial charge on any atom is -0.456 e. The molecule has 6 heteroatoms. The number of nitro benzene ring substituents is 1. The summed E-state index contributed by atoms with van der Waals surface area (Å²) in [4.78, 5) is 21.8. The molecule has 0 saturated heterocycles. The quantitative estimate of drug-likeness (QED) is 0.368. The third kappa shape index (κ3) is 3.17. The van der Waals surface area contributed by atoms with Gasteiger partial charge in [-0.3, -0.25) is 10.1 Å². The molecule has 17 heavy (non-hydrogen) atoms. The van der Waals surface area contributed by atoms with Crippen molar-refractivity contribution in [3.63, 3.8) is 0 Å². The number of hydrogen-bond acceptors (Lipinski definition) is 5. The van der Waals surface area contributed by atoms with Crippen LogP contribution in [0, 0.1) is 10.1 Å². The monoisotopic (exact) mass is 238 g/mol. The van der Waals surface area contributed by atoms with Gasteiger partial charge in [-0.15, -0.1) is 0 Å². The van der Waals surface area contributed by atoms with Crippen LogP contribution < -0.4 is 5.73 Å². The van der Waals surface area contributed by atoms with Crippen LogP contribution >= 0.6 is 0 Å². The van der Waals surface area contributed by atoms with Gasteiger partial charge in [0.2, 0.25) is 0 Å². The van der Waals surface area contributed by atoms with Crippen molar-refractivity contribution in [2.45, 2.75) is 26.4 Å². The minimum atomic E-state index is -0.672. The summed E-state index contributed by atoms with van der Waals surface area (Å²) in [6.45, 7) is 5.12. The fourth-order valence-corrected chi connectivity index (χ4v) is 1.22. The first-order valence-electron chi connectivity index (χ1n) is 4.98. The molecule has 0 unspecified atom stereocenters. The summed E-state index contributed by atoms with van der Waals surface area (Å²) in [5, 5.41) is 10.7. The maximum absolute atomic E-state index is 11.7. The number of nitrogen functional groups attached to an aromatic ring is 1. The normalized spacial score (nSPS) is 11.0. The molecule has 0 radical (unpaired) electrons. The third-order valence-corrected chi connectivity index (χ3v) is 1.90. The highest BCUT2D eigenvalue weighted by atomic mass is 16.6. The lowest BCUT2D eigenvalue weighted by Crippen LogP contribution is -2.24. The number of esters is 1. The van der Waals surface area contributed by atoms with Crippen molar-refractivity contribution in [3.05, 3.63) is 33.9 Å². The lowest BCUT2D eigenvalue weighted by Gasteiger charge is -2.19. The number of nitrogens with zero attached hydrogens (tertiary/aromatic N) is 1. The maximum atomic E-state index is 11.7. The number of nitro groups is 1. The summed E-state index contributed by atoms with van der Waals surface area (Å²) < 4.78 is 5.10. The lowest BCUT2D eigenvalue weighted by atomic mass is 10.1. The van der Waals surface area contributed by atoms with E-state index in [0.717, 1.165) is 0 Å². The van der Waals surface area contributed by atoms with E-state index in [1.807, 2.05) is 0 Å². The molecule has 1 aromatic carbocycles. The molecule has 1 aromatic rings. The first-order chi connectivity index (χ1) is 7.72. The zero-order chi connectivity index (χ0) is 13.2. The Morgan fingerprint density at radius 3 is 2.47 bits per heavy atom. The molecule has 0 atom stereocenters. The highest BCUT2D eigenvalue weighted by Crippen LogP contribution is 2.26. The summed E-state index contributed by atoms with van der Waals surface area (Å²) in [6, 6.07) is 4.04. The smallest absolute Gasteiger partial charge is 0.341 e. The fraction of sp³-hybridized carbons (Fsp3) is 0.364. The number of benzene rings is 1. The zero-order valence-electron chi connectivity index (χ0n) is 9.89. The summed E-state index contributed by atoms with van der Waals surface area (Å²) >= 11 is 0. The molecule has 0 fully saturated rings. The standard InChI is InChI=1S/C11H14N2O4/c1-11(2,3)17-10(14)7-5-4-6-8(9(7)12)13(15)16/h4-6H,12H2,1-3H3. The summed E-state index contributed by atoms with van der Waals surface area (Å²) in [5.74, 6) is -0.668. The van der Waals surface area contributed by atoms with Crippen molar-refractivity contribution >= 4 is 17.3 Å². The van der Waals surface area contributed by atoms with Crippen LogP contribution in [-0.2, 0) is 4.74 Å². The van der Waals surface area contributed by atoms with Gasteiger partial charge in [0.05, 0.1) is 10.5 Å². The Kier molecular flexibility index (Phi) is 3.36. The first-order valence-corrected chi connectivity index (χ1v) is 4.98. The van der Waals surface area contributed by atoms with Crippen molar-refractivity contribution in [3.8, 4) is 0 Å². The van der Waals surface area contributed by atoms with Crippen LogP contribution in [0.2, 0.25) is 0 Å². The Hall–Kier alpha value is -2.11. The largest absolute Gasteiger partial charge is 0.456 e. The number of rotatable bonds is 2. The number of ether oxygens (including phenoxy) is 1. The second-order valence-corrected chi connectivity index (χ2v) is 4.50. The molecular formula is C11H14N2O4. The highest BCUT2D eigenvalue weighted by Gasteiger charge is 2.23. The average Bonchev–Trinajstić information content (AvgIpc) is 2.14. The zero-order valence-corrected chi connectivity index (χ0v) is 9.89. The molecule has 2 N–H and O–H groups in total. The van der Waals surface area contributed by atoms with E-state index >= 15 is 0 Å². The summed E-state index contributed by atoms with van der Waals surface area (Å²) in [5.41, 5.74) is 4.43. The average molecular weight is 238 g/mol. The van der Waals surface area contributed by atoms with Gasteiger partial charge in [-0.1, -0.05) is 6.07 Å². The molecule has 0 aliphatic carbocycles. The van der Waals surface area contributed by atoms with Crippen LogP contribution in [0.25, 0.3) is 0 Å². The molecule has 0 bridgehead atoms. The van der Waals surface area contributed by atoms with Gasteiger partial charge in [0, 0.05) is 6.07 Å². The van der Waals surface area contributed by atoms with Crippen molar-refractivity contribution in [1.82, 2.24) is 0 Å². The predicted octanol–water partition coefficient (Wildman–Crippen LogP) is 2.13. The number of hydrogen-bond donors (Lipinski definition) is 1. The number of carbonyl (C=O) groups is 1. The highest BCUT2D eigenvalue weighted by molar-refractivity contribution is 5.97. The fourth-order valence-electron chi connectivity index (χ4n) is 1.22. The molecule has 0 amide bonds. The first kappa shape index (κ1) is 13.0. The second-order valence-electron chi connectivity index (χ2n) is 4.50. The summed E-state index contributed by atoms with van der Waals surface area (Å²) in [6.07, 6.45) is 0. The lowest BCUT2D eigenvalue weighted by molar-refractivity contribution is -0.383. The van der Waals surface area contributed by atoms with Gasteiger partial charge in [0.1, 0.15) is 11.3 Å². The molecular weight excluding hydrogens is 224 g/mol. The van der Waals surface area contributed by atoms with Gasteiger partial charge >= 0.3 is 5.97 Å². The van der Waals surface area contributed by atoms with E-state index in [4.69, 9.17) is 10.5 Å². The van der Waals surface area contributed by atoms with Gasteiger partial charge in [-0.25, -0.2) is 4.79 Å². The van der Waals surface area contributed by atoms with E-state index in [2.05, 4.69) is 0 Å². The third-order valence-electron chi connectivity index (χ3n) is 1.90. The number of para-hydroxylation sites is 1. The van der Waals surface area contributed by atoms with Crippen molar-refractivity contribution in [1.29, 1.82) is 0 Å². The predicted molar refractivity (Wildman–Crippen MR) is 62.7 cm³/mol. The molecule has 1 rings (SSSR count). The van der Waals surface area contributed by atoms with E-state index in [0.29, 0.717) is 0 Å². The molecule has 0 saturated carbocycles. The van der Waals surface area contributed by atoms with Crippen LogP contribution in [0.5, 0.6) is 0 Å². The van der Waals surface area contributed by atoms with Gasteiger partial charge in [-0.05, 0) is 26.8 Å². The SMILES string of the molecule is CC(C)(C)OC(=O)c1cccc([N+](=O)[O-])c1N. The number of nitrogens with two attached hydrogens (primary N) is 1. The van der Waals surface area contributed by atoms with E-state index < -0.39 is 16.5 Å². The Morgan fingerprint density at radius 1 is 1.41 bits per heavy atom. The van der Waals surface area contributed by atoms with Crippen molar-refractivity contribution < 1.29 is 14.5 Å². The van der Waals surface area contributed by atoms with Crippen LogP contribution in [-0.4, -0.2) is 16.5 Å². The topological polar surface area (TPSA) is 95.5 Å². The van der Waals surface area contributed by atoms with Crippen LogP contribution in [0.15, 0.2) is 18.2 Å².